The van der Waals surface area contributed by atoms with E-state index in [-0.39, 0.29) is 24.8 Å². The number of aliphatic hydroxyl groups excluding tert-OH is 1. The highest BCUT2D eigenvalue weighted by molar-refractivity contribution is 5.44. The van der Waals surface area contributed by atoms with Gasteiger partial charge in [-0.1, -0.05) is 0 Å². The summed E-state index contributed by atoms with van der Waals surface area (Å²) in [6.07, 6.45) is 2.22. The van der Waals surface area contributed by atoms with Gasteiger partial charge in [-0.3, -0.25) is 0 Å². The van der Waals surface area contributed by atoms with Crippen molar-refractivity contribution in [1.82, 2.24) is 24.9 Å². The lowest BCUT2D eigenvalue weighted by Gasteiger charge is -2.44. The molecule has 0 saturated carbocycles. The van der Waals surface area contributed by atoms with E-state index in [2.05, 4.69) is 48.6 Å². The van der Waals surface area contributed by atoms with E-state index in [0.29, 0.717) is 30.0 Å². The first-order valence-corrected chi connectivity index (χ1v) is 9.72. The van der Waals surface area contributed by atoms with Gasteiger partial charge in [-0.2, -0.15) is 15.0 Å². The standard InChI is InChI=1S/C19H29N7O2/c1-12(2)28-19-22-15(5)21-18(24-19)26-13(3)10-25(11-14(26)4)17-6-8-20-16(23-17)7-9-27/h6,8,12-14,27H,7,9-11H2,1-5H3/t13-,14+. The van der Waals surface area contributed by atoms with E-state index in [1.54, 1.807) is 6.20 Å². The minimum Gasteiger partial charge on any atom is -0.461 e. The van der Waals surface area contributed by atoms with Crippen molar-refractivity contribution in [3.8, 4) is 6.01 Å². The molecule has 0 radical (unpaired) electrons. The normalized spacial score (nSPS) is 20.0. The molecule has 0 spiro atoms. The topological polar surface area (TPSA) is 100 Å². The van der Waals surface area contributed by atoms with Crippen molar-refractivity contribution in [2.24, 2.45) is 0 Å². The highest BCUT2D eigenvalue weighted by Crippen LogP contribution is 2.25. The van der Waals surface area contributed by atoms with Crippen LogP contribution >= 0.6 is 0 Å². The molecule has 0 unspecified atom stereocenters. The fourth-order valence-electron chi connectivity index (χ4n) is 3.51. The van der Waals surface area contributed by atoms with Crippen molar-refractivity contribution in [3.63, 3.8) is 0 Å². The van der Waals surface area contributed by atoms with E-state index < -0.39 is 0 Å². The Hall–Kier alpha value is -2.55. The number of hydrogen-bond donors (Lipinski definition) is 1. The van der Waals surface area contributed by atoms with Crippen LogP contribution in [0.25, 0.3) is 0 Å². The number of nitrogens with zero attached hydrogens (tertiary/aromatic N) is 7. The summed E-state index contributed by atoms with van der Waals surface area (Å²) in [5.74, 6) is 2.83. The predicted octanol–water partition coefficient (Wildman–Crippen LogP) is 1.40. The maximum Gasteiger partial charge on any atom is 0.321 e. The SMILES string of the molecule is Cc1nc(OC(C)C)nc(N2[C@H](C)CN(c3ccnc(CCO)n3)C[C@@H]2C)n1. The third kappa shape index (κ3) is 4.64. The largest absolute Gasteiger partial charge is 0.461 e. The van der Waals surface area contributed by atoms with Crippen LogP contribution < -0.4 is 14.5 Å². The molecule has 3 rings (SSSR count). The fraction of sp³-hybridized carbons (Fsp3) is 0.632. The van der Waals surface area contributed by atoms with Gasteiger partial charge in [-0.25, -0.2) is 9.97 Å². The highest BCUT2D eigenvalue weighted by Gasteiger charge is 2.32. The molecule has 9 nitrogen and oxygen atoms in total. The zero-order valence-corrected chi connectivity index (χ0v) is 17.2. The molecular formula is C19H29N7O2. The minimum absolute atomic E-state index is 0.00669. The Morgan fingerprint density at radius 3 is 2.50 bits per heavy atom. The molecule has 0 bridgehead atoms. The van der Waals surface area contributed by atoms with E-state index in [1.807, 2.05) is 26.8 Å². The van der Waals surface area contributed by atoms with Crippen molar-refractivity contribution in [1.29, 1.82) is 0 Å². The van der Waals surface area contributed by atoms with Crippen molar-refractivity contribution < 1.29 is 9.84 Å². The van der Waals surface area contributed by atoms with Crippen LogP contribution in [0.4, 0.5) is 11.8 Å². The lowest BCUT2D eigenvalue weighted by Crippen LogP contribution is -2.58. The van der Waals surface area contributed by atoms with Gasteiger partial charge < -0.3 is 19.6 Å². The number of piperazine rings is 1. The second-order valence-electron chi connectivity index (χ2n) is 7.45. The monoisotopic (exact) mass is 387 g/mol. The maximum absolute atomic E-state index is 9.14. The summed E-state index contributed by atoms with van der Waals surface area (Å²) in [6.45, 7) is 11.7. The van der Waals surface area contributed by atoms with Crippen LogP contribution in [0.5, 0.6) is 6.01 Å². The fourth-order valence-corrected chi connectivity index (χ4v) is 3.51. The Morgan fingerprint density at radius 1 is 1.14 bits per heavy atom. The second-order valence-corrected chi connectivity index (χ2v) is 7.45. The second kappa shape index (κ2) is 8.64. The molecule has 1 aliphatic rings. The summed E-state index contributed by atoms with van der Waals surface area (Å²) in [5, 5.41) is 9.14. The smallest absolute Gasteiger partial charge is 0.321 e. The van der Waals surface area contributed by atoms with Gasteiger partial charge in [0.15, 0.2) is 0 Å². The molecule has 2 atom stereocenters. The molecule has 152 valence electrons. The molecule has 2 aromatic rings. The average molecular weight is 387 g/mol. The Morgan fingerprint density at radius 2 is 1.86 bits per heavy atom. The molecule has 0 aliphatic carbocycles. The number of hydrogen-bond acceptors (Lipinski definition) is 9. The van der Waals surface area contributed by atoms with E-state index in [1.165, 1.54) is 0 Å². The lowest BCUT2D eigenvalue weighted by molar-refractivity contribution is 0.220. The van der Waals surface area contributed by atoms with Gasteiger partial charge in [0.05, 0.1) is 12.7 Å². The molecule has 2 aromatic heterocycles. The molecule has 3 heterocycles. The summed E-state index contributed by atoms with van der Waals surface area (Å²) in [6, 6.07) is 2.63. The first-order chi connectivity index (χ1) is 13.4. The third-order valence-electron chi connectivity index (χ3n) is 4.56. The molecule has 1 fully saturated rings. The molecule has 1 N–H and O–H groups in total. The summed E-state index contributed by atoms with van der Waals surface area (Å²) in [7, 11) is 0. The van der Waals surface area contributed by atoms with Crippen LogP contribution in [0.1, 0.15) is 39.3 Å². The Labute approximate surface area is 165 Å². The predicted molar refractivity (Wildman–Crippen MR) is 107 cm³/mol. The van der Waals surface area contributed by atoms with Crippen molar-refractivity contribution in [3.05, 3.63) is 23.9 Å². The van der Waals surface area contributed by atoms with Crippen LogP contribution in [0, 0.1) is 6.92 Å². The highest BCUT2D eigenvalue weighted by atomic mass is 16.5. The van der Waals surface area contributed by atoms with Crippen LogP contribution in [0.15, 0.2) is 12.3 Å². The zero-order valence-electron chi connectivity index (χ0n) is 17.2. The molecule has 28 heavy (non-hydrogen) atoms. The van der Waals surface area contributed by atoms with Crippen LogP contribution in [-0.2, 0) is 6.42 Å². The summed E-state index contributed by atoms with van der Waals surface area (Å²) in [4.78, 5) is 26.7. The van der Waals surface area contributed by atoms with Gasteiger partial charge in [-0.05, 0) is 40.7 Å². The molecule has 9 heteroatoms. The number of ether oxygens (including phenoxy) is 1. The van der Waals surface area contributed by atoms with Crippen molar-refractivity contribution >= 4 is 11.8 Å². The lowest BCUT2D eigenvalue weighted by atomic mass is 10.1. The number of aromatic nitrogens is 5. The van der Waals surface area contributed by atoms with Gasteiger partial charge in [0.1, 0.15) is 17.5 Å². The third-order valence-corrected chi connectivity index (χ3v) is 4.56. The van der Waals surface area contributed by atoms with E-state index in [9.17, 15) is 0 Å². The van der Waals surface area contributed by atoms with Gasteiger partial charge >= 0.3 is 6.01 Å². The van der Waals surface area contributed by atoms with Crippen LogP contribution in [0.3, 0.4) is 0 Å². The van der Waals surface area contributed by atoms with E-state index >= 15 is 0 Å². The first-order valence-electron chi connectivity index (χ1n) is 9.72. The van der Waals surface area contributed by atoms with Gasteiger partial charge in [0.25, 0.3) is 0 Å². The number of rotatable bonds is 6. The molecule has 1 saturated heterocycles. The molecular weight excluding hydrogens is 358 g/mol. The molecule has 1 aliphatic heterocycles. The Bertz CT molecular complexity index is 790. The average Bonchev–Trinajstić information content (AvgIpc) is 2.60. The quantitative estimate of drug-likeness (QED) is 0.788. The number of aryl methyl sites for hydroxylation is 1. The van der Waals surface area contributed by atoms with Gasteiger partial charge in [-0.15, -0.1) is 0 Å². The number of aliphatic hydroxyl groups is 1. The van der Waals surface area contributed by atoms with E-state index in [0.717, 1.165) is 18.9 Å². The molecule has 0 amide bonds. The zero-order chi connectivity index (χ0) is 20.3. The Kier molecular flexibility index (Phi) is 6.23. The first kappa shape index (κ1) is 20.2. The summed E-state index contributed by atoms with van der Waals surface area (Å²) < 4.78 is 5.69. The minimum atomic E-state index is 0.00669. The van der Waals surface area contributed by atoms with Crippen LogP contribution in [-0.4, -0.2) is 67.9 Å². The van der Waals surface area contributed by atoms with Crippen LogP contribution in [0.2, 0.25) is 0 Å². The van der Waals surface area contributed by atoms with E-state index in [4.69, 9.17) is 9.84 Å². The Balaban J connectivity index is 1.80. The number of anilines is 2. The van der Waals surface area contributed by atoms with Gasteiger partial charge in [0, 0.05) is 37.8 Å². The summed E-state index contributed by atoms with van der Waals surface area (Å²) >= 11 is 0. The van der Waals surface area contributed by atoms with Crippen molar-refractivity contribution in [2.45, 2.75) is 59.2 Å². The van der Waals surface area contributed by atoms with Crippen molar-refractivity contribution in [2.75, 3.05) is 29.5 Å². The van der Waals surface area contributed by atoms with Gasteiger partial charge in [0.2, 0.25) is 5.95 Å². The summed E-state index contributed by atoms with van der Waals surface area (Å²) in [5.41, 5.74) is 0. The molecule has 0 aromatic carbocycles. The maximum atomic E-state index is 9.14.